The average Bonchev–Trinajstić information content (AvgIpc) is 2.82. The minimum absolute atomic E-state index is 0.0989. The molecule has 0 aliphatic carbocycles. The van der Waals surface area contributed by atoms with E-state index in [9.17, 15) is 0 Å². The lowest BCUT2D eigenvalue weighted by Crippen LogP contribution is -2.21. The van der Waals surface area contributed by atoms with Crippen LogP contribution in [0.1, 0.15) is 5.56 Å². The second-order valence-electron chi connectivity index (χ2n) is 5.07. The smallest absolute Gasteiger partial charge is 0.160 e. The van der Waals surface area contributed by atoms with Crippen molar-refractivity contribution in [2.45, 2.75) is 6.92 Å². The molecule has 0 bridgehead atoms. The van der Waals surface area contributed by atoms with Crippen molar-refractivity contribution in [2.75, 3.05) is 30.8 Å². The standard InChI is InChI=1S/C16H18N2O2/c1-10-9-12(18(2)7-8-19)16-14(15(10)17)11-5-3-4-6-13(11)20-16/h3-6,9,19H,7-8,17H2,1-2H3. The van der Waals surface area contributed by atoms with Crippen LogP contribution in [0.15, 0.2) is 34.7 Å². The number of hydrogen-bond acceptors (Lipinski definition) is 4. The topological polar surface area (TPSA) is 62.6 Å². The van der Waals surface area contributed by atoms with Crippen LogP contribution in [0.4, 0.5) is 11.4 Å². The number of aryl methyl sites for hydroxylation is 1. The third-order valence-electron chi connectivity index (χ3n) is 3.72. The molecule has 0 radical (unpaired) electrons. The monoisotopic (exact) mass is 270 g/mol. The predicted octanol–water partition coefficient (Wildman–Crippen LogP) is 2.91. The number of nitrogen functional groups attached to an aromatic ring is 1. The second kappa shape index (κ2) is 4.72. The molecule has 0 amide bonds. The van der Waals surface area contributed by atoms with E-state index in [0.717, 1.165) is 38.9 Å². The maximum atomic E-state index is 9.14. The minimum atomic E-state index is 0.0989. The van der Waals surface area contributed by atoms with Gasteiger partial charge in [0.2, 0.25) is 0 Å². The van der Waals surface area contributed by atoms with Gasteiger partial charge in [-0.3, -0.25) is 0 Å². The lowest BCUT2D eigenvalue weighted by Gasteiger charge is -2.19. The van der Waals surface area contributed by atoms with Crippen molar-refractivity contribution < 1.29 is 9.52 Å². The van der Waals surface area contributed by atoms with Crippen molar-refractivity contribution >= 4 is 33.3 Å². The van der Waals surface area contributed by atoms with Crippen LogP contribution in [-0.4, -0.2) is 25.3 Å². The van der Waals surface area contributed by atoms with Crippen LogP contribution in [0.3, 0.4) is 0 Å². The number of hydrogen-bond donors (Lipinski definition) is 2. The lowest BCUT2D eigenvalue weighted by molar-refractivity contribution is 0.304. The Bertz CT molecular complexity index is 777. The Labute approximate surface area is 117 Å². The van der Waals surface area contributed by atoms with E-state index in [1.54, 1.807) is 0 Å². The normalized spacial score (nSPS) is 11.3. The zero-order valence-corrected chi connectivity index (χ0v) is 11.7. The fourth-order valence-corrected chi connectivity index (χ4v) is 2.59. The van der Waals surface area contributed by atoms with Gasteiger partial charge in [0.15, 0.2) is 5.58 Å². The summed E-state index contributed by atoms with van der Waals surface area (Å²) in [6.45, 7) is 2.64. The van der Waals surface area contributed by atoms with E-state index < -0.39 is 0 Å². The molecular weight excluding hydrogens is 252 g/mol. The average molecular weight is 270 g/mol. The van der Waals surface area contributed by atoms with Crippen LogP contribution in [0.2, 0.25) is 0 Å². The highest BCUT2D eigenvalue weighted by Crippen LogP contribution is 2.40. The van der Waals surface area contributed by atoms with E-state index in [-0.39, 0.29) is 6.61 Å². The van der Waals surface area contributed by atoms with E-state index in [1.807, 2.05) is 49.2 Å². The van der Waals surface area contributed by atoms with Crippen LogP contribution in [-0.2, 0) is 0 Å². The number of rotatable bonds is 3. The van der Waals surface area contributed by atoms with Gasteiger partial charge in [-0.25, -0.2) is 0 Å². The maximum Gasteiger partial charge on any atom is 0.160 e. The van der Waals surface area contributed by atoms with Crippen LogP contribution in [0.5, 0.6) is 0 Å². The molecule has 0 atom stereocenters. The number of furan rings is 1. The van der Waals surface area contributed by atoms with E-state index in [4.69, 9.17) is 15.3 Å². The fourth-order valence-electron chi connectivity index (χ4n) is 2.59. The molecule has 2 aromatic carbocycles. The van der Waals surface area contributed by atoms with Crippen molar-refractivity contribution in [3.8, 4) is 0 Å². The van der Waals surface area contributed by atoms with Gasteiger partial charge in [0.05, 0.1) is 17.7 Å². The van der Waals surface area contributed by atoms with E-state index >= 15 is 0 Å². The number of likely N-dealkylation sites (N-methyl/N-ethyl adjacent to an activating group) is 1. The summed E-state index contributed by atoms with van der Waals surface area (Å²) in [5.41, 5.74) is 10.6. The van der Waals surface area contributed by atoms with Crippen LogP contribution in [0.25, 0.3) is 21.9 Å². The third kappa shape index (κ3) is 1.80. The van der Waals surface area contributed by atoms with Gasteiger partial charge in [0.1, 0.15) is 5.58 Å². The molecule has 0 unspecified atom stereocenters. The van der Waals surface area contributed by atoms with Gasteiger partial charge in [-0.05, 0) is 24.6 Å². The minimum Gasteiger partial charge on any atom is -0.454 e. The van der Waals surface area contributed by atoms with Crippen molar-refractivity contribution in [2.24, 2.45) is 0 Å². The molecule has 20 heavy (non-hydrogen) atoms. The van der Waals surface area contributed by atoms with Crippen LogP contribution >= 0.6 is 0 Å². The molecule has 3 N–H and O–H groups in total. The first-order chi connectivity index (χ1) is 9.63. The lowest BCUT2D eigenvalue weighted by atomic mass is 10.1. The molecule has 1 heterocycles. The SMILES string of the molecule is Cc1cc(N(C)CCO)c2oc3ccccc3c2c1N. The molecule has 0 saturated carbocycles. The number of aliphatic hydroxyl groups excluding tert-OH is 1. The summed E-state index contributed by atoms with van der Waals surface area (Å²) in [7, 11) is 1.94. The number of aliphatic hydroxyl groups is 1. The summed E-state index contributed by atoms with van der Waals surface area (Å²) in [5, 5.41) is 11.1. The van der Waals surface area contributed by atoms with Gasteiger partial charge in [-0.15, -0.1) is 0 Å². The zero-order chi connectivity index (χ0) is 14.3. The summed E-state index contributed by atoms with van der Waals surface area (Å²) in [5.74, 6) is 0. The molecule has 1 aromatic heterocycles. The number of anilines is 2. The number of benzene rings is 2. The summed E-state index contributed by atoms with van der Waals surface area (Å²) >= 11 is 0. The highest BCUT2D eigenvalue weighted by atomic mass is 16.3. The quantitative estimate of drug-likeness (QED) is 0.718. The number of nitrogens with two attached hydrogens (primary N) is 1. The Morgan fingerprint density at radius 3 is 2.80 bits per heavy atom. The van der Waals surface area contributed by atoms with Crippen molar-refractivity contribution in [1.29, 1.82) is 0 Å². The first kappa shape index (κ1) is 12.8. The Hall–Kier alpha value is -2.20. The summed E-state index contributed by atoms with van der Waals surface area (Å²) < 4.78 is 5.98. The first-order valence-corrected chi connectivity index (χ1v) is 6.65. The van der Waals surface area contributed by atoms with Gasteiger partial charge in [0, 0.05) is 24.7 Å². The van der Waals surface area contributed by atoms with Crippen molar-refractivity contribution in [3.63, 3.8) is 0 Å². The first-order valence-electron chi connectivity index (χ1n) is 6.65. The van der Waals surface area contributed by atoms with Gasteiger partial charge >= 0.3 is 0 Å². The highest BCUT2D eigenvalue weighted by molar-refractivity contribution is 6.15. The van der Waals surface area contributed by atoms with Gasteiger partial charge in [-0.1, -0.05) is 18.2 Å². The molecule has 3 aromatic rings. The molecular formula is C16H18N2O2. The van der Waals surface area contributed by atoms with Crippen molar-refractivity contribution in [1.82, 2.24) is 0 Å². The molecule has 0 fully saturated rings. The third-order valence-corrected chi connectivity index (χ3v) is 3.72. The number of fused-ring (bicyclic) bond motifs is 3. The summed E-state index contributed by atoms with van der Waals surface area (Å²) in [6.07, 6.45) is 0. The van der Waals surface area contributed by atoms with Crippen LogP contribution in [0, 0.1) is 6.92 Å². The van der Waals surface area contributed by atoms with Gasteiger partial charge < -0.3 is 20.2 Å². The molecule has 4 nitrogen and oxygen atoms in total. The molecule has 104 valence electrons. The molecule has 3 rings (SSSR count). The fraction of sp³-hybridized carbons (Fsp3) is 0.250. The van der Waals surface area contributed by atoms with Gasteiger partial charge in [-0.2, -0.15) is 0 Å². The Balaban J connectivity index is 2.39. The Morgan fingerprint density at radius 1 is 1.30 bits per heavy atom. The molecule has 0 aliphatic heterocycles. The Kier molecular flexibility index (Phi) is 3.03. The van der Waals surface area contributed by atoms with Crippen LogP contribution < -0.4 is 10.6 Å². The van der Waals surface area contributed by atoms with E-state index in [2.05, 4.69) is 0 Å². The zero-order valence-electron chi connectivity index (χ0n) is 11.7. The number of para-hydroxylation sites is 1. The maximum absolute atomic E-state index is 9.14. The second-order valence-corrected chi connectivity index (χ2v) is 5.07. The summed E-state index contributed by atoms with van der Waals surface area (Å²) in [6, 6.07) is 9.91. The van der Waals surface area contributed by atoms with E-state index in [1.165, 1.54) is 0 Å². The Morgan fingerprint density at radius 2 is 2.05 bits per heavy atom. The largest absolute Gasteiger partial charge is 0.454 e. The van der Waals surface area contributed by atoms with Crippen molar-refractivity contribution in [3.05, 3.63) is 35.9 Å². The van der Waals surface area contributed by atoms with Gasteiger partial charge in [0.25, 0.3) is 0 Å². The molecule has 0 saturated heterocycles. The molecule has 0 spiro atoms. The molecule has 4 heteroatoms. The van der Waals surface area contributed by atoms with E-state index in [0.29, 0.717) is 6.54 Å². The highest BCUT2D eigenvalue weighted by Gasteiger charge is 2.17. The predicted molar refractivity (Wildman–Crippen MR) is 83.2 cm³/mol. The molecule has 0 aliphatic rings. The number of nitrogens with zero attached hydrogens (tertiary/aromatic N) is 1. The summed E-state index contributed by atoms with van der Waals surface area (Å²) in [4.78, 5) is 1.98.